The fourth-order valence-corrected chi connectivity index (χ4v) is 2.98. The van der Waals surface area contributed by atoms with Gasteiger partial charge in [-0.25, -0.2) is 0 Å². The molecule has 3 unspecified atom stereocenters. The highest BCUT2D eigenvalue weighted by molar-refractivity contribution is 4.81. The number of ether oxygens (including phenoxy) is 1. The van der Waals surface area contributed by atoms with Crippen molar-refractivity contribution in [2.24, 2.45) is 11.8 Å². The van der Waals surface area contributed by atoms with E-state index in [4.69, 9.17) is 4.74 Å². The molecule has 0 spiro atoms. The quantitative estimate of drug-likeness (QED) is 0.637. The molecule has 1 saturated heterocycles. The second-order valence-electron chi connectivity index (χ2n) is 5.84. The molecule has 0 amide bonds. The first-order valence-corrected chi connectivity index (χ1v) is 8.12. The van der Waals surface area contributed by atoms with Crippen LogP contribution in [0.2, 0.25) is 0 Å². The van der Waals surface area contributed by atoms with Crippen LogP contribution in [0.5, 0.6) is 0 Å². The summed E-state index contributed by atoms with van der Waals surface area (Å²) in [4.78, 5) is 0. The van der Waals surface area contributed by atoms with Gasteiger partial charge in [0.2, 0.25) is 0 Å². The predicted molar refractivity (Wildman–Crippen MR) is 78.9 cm³/mol. The van der Waals surface area contributed by atoms with Crippen LogP contribution >= 0.6 is 0 Å². The van der Waals surface area contributed by atoms with Crippen molar-refractivity contribution in [3.63, 3.8) is 0 Å². The molecule has 2 heteroatoms. The molecule has 1 fully saturated rings. The number of unbranched alkanes of at least 4 members (excludes halogenated alkanes) is 1. The molecule has 1 rings (SSSR count). The lowest BCUT2D eigenvalue weighted by Gasteiger charge is -2.28. The Morgan fingerprint density at radius 1 is 1.22 bits per heavy atom. The van der Waals surface area contributed by atoms with Crippen molar-refractivity contribution < 1.29 is 4.74 Å². The Balaban J connectivity index is 2.41. The molecule has 1 N–H and O–H groups in total. The van der Waals surface area contributed by atoms with Gasteiger partial charge in [-0.3, -0.25) is 0 Å². The van der Waals surface area contributed by atoms with Crippen LogP contribution in [0.15, 0.2) is 0 Å². The summed E-state index contributed by atoms with van der Waals surface area (Å²) in [6, 6.07) is 0.689. The number of hydrogen-bond acceptors (Lipinski definition) is 2. The maximum Gasteiger partial charge on any atom is 0.0510 e. The van der Waals surface area contributed by atoms with Gasteiger partial charge in [-0.1, -0.05) is 46.5 Å². The van der Waals surface area contributed by atoms with Gasteiger partial charge in [0.25, 0.3) is 0 Å². The predicted octanol–water partition coefficient (Wildman–Crippen LogP) is 4.00. The van der Waals surface area contributed by atoms with Gasteiger partial charge in [-0.05, 0) is 37.6 Å². The van der Waals surface area contributed by atoms with Crippen molar-refractivity contribution in [3.05, 3.63) is 0 Å². The third-order valence-corrected chi connectivity index (χ3v) is 4.32. The second kappa shape index (κ2) is 9.80. The second-order valence-corrected chi connectivity index (χ2v) is 5.84. The normalized spacial score (nSPS) is 23.2. The Bertz CT molecular complexity index is 190. The third kappa shape index (κ3) is 5.71. The average Bonchev–Trinajstić information content (AvgIpc) is 2.92. The molecule has 1 heterocycles. The van der Waals surface area contributed by atoms with E-state index in [9.17, 15) is 0 Å². The summed E-state index contributed by atoms with van der Waals surface area (Å²) in [6.45, 7) is 10.0. The smallest absolute Gasteiger partial charge is 0.0510 e. The lowest BCUT2D eigenvalue weighted by atomic mass is 9.86. The van der Waals surface area contributed by atoms with Crippen LogP contribution in [0.3, 0.4) is 0 Å². The minimum atomic E-state index is 0.689. The van der Waals surface area contributed by atoms with Gasteiger partial charge in [0.1, 0.15) is 0 Å². The molecule has 0 radical (unpaired) electrons. The van der Waals surface area contributed by atoms with Crippen LogP contribution in [0, 0.1) is 11.8 Å². The minimum Gasteiger partial charge on any atom is -0.381 e. The van der Waals surface area contributed by atoms with Gasteiger partial charge in [-0.15, -0.1) is 0 Å². The molecular formula is C16H33NO. The van der Waals surface area contributed by atoms with E-state index in [-0.39, 0.29) is 0 Å². The summed E-state index contributed by atoms with van der Waals surface area (Å²) in [7, 11) is 0. The van der Waals surface area contributed by atoms with E-state index < -0.39 is 0 Å². The standard InChI is InChI=1S/C16H33NO/c1-4-7-8-14(6-3)12-16(17-10-5-2)15-9-11-18-13-15/h14-17H,4-13H2,1-3H3. The Kier molecular flexibility index (Phi) is 8.70. The minimum absolute atomic E-state index is 0.689. The lowest BCUT2D eigenvalue weighted by molar-refractivity contribution is 0.170. The molecule has 108 valence electrons. The highest BCUT2D eigenvalue weighted by atomic mass is 16.5. The SMILES string of the molecule is CCCCC(CC)CC(NCCC)C1CCOC1. The summed E-state index contributed by atoms with van der Waals surface area (Å²) in [5.74, 6) is 1.66. The highest BCUT2D eigenvalue weighted by Crippen LogP contribution is 2.26. The molecular weight excluding hydrogens is 222 g/mol. The first-order chi connectivity index (χ1) is 8.81. The van der Waals surface area contributed by atoms with Gasteiger partial charge in [0.05, 0.1) is 6.61 Å². The fourth-order valence-electron chi connectivity index (χ4n) is 2.98. The zero-order valence-corrected chi connectivity index (χ0v) is 12.7. The summed E-state index contributed by atoms with van der Waals surface area (Å²) >= 11 is 0. The van der Waals surface area contributed by atoms with Crippen LogP contribution in [0.4, 0.5) is 0 Å². The van der Waals surface area contributed by atoms with E-state index in [1.165, 1.54) is 44.9 Å². The Labute approximate surface area is 114 Å². The zero-order valence-electron chi connectivity index (χ0n) is 12.7. The summed E-state index contributed by atoms with van der Waals surface area (Å²) in [6.07, 6.45) is 9.30. The molecule has 0 aromatic heterocycles. The molecule has 0 saturated carbocycles. The molecule has 3 atom stereocenters. The van der Waals surface area contributed by atoms with Crippen molar-refractivity contribution >= 4 is 0 Å². The van der Waals surface area contributed by atoms with Crippen LogP contribution in [-0.4, -0.2) is 25.8 Å². The van der Waals surface area contributed by atoms with Crippen molar-refractivity contribution in [2.45, 2.75) is 71.8 Å². The number of hydrogen-bond donors (Lipinski definition) is 1. The molecule has 2 nitrogen and oxygen atoms in total. The topological polar surface area (TPSA) is 21.3 Å². The molecule has 0 aromatic carbocycles. The van der Waals surface area contributed by atoms with Crippen molar-refractivity contribution in [1.82, 2.24) is 5.32 Å². The summed E-state index contributed by atoms with van der Waals surface area (Å²) in [5, 5.41) is 3.77. The monoisotopic (exact) mass is 255 g/mol. The molecule has 0 bridgehead atoms. The Hall–Kier alpha value is -0.0800. The Morgan fingerprint density at radius 2 is 2.06 bits per heavy atom. The van der Waals surface area contributed by atoms with Crippen LogP contribution in [0.25, 0.3) is 0 Å². The maximum atomic E-state index is 5.57. The highest BCUT2D eigenvalue weighted by Gasteiger charge is 2.26. The van der Waals surface area contributed by atoms with Gasteiger partial charge in [-0.2, -0.15) is 0 Å². The summed E-state index contributed by atoms with van der Waals surface area (Å²) < 4.78 is 5.57. The first-order valence-electron chi connectivity index (χ1n) is 8.12. The van der Waals surface area contributed by atoms with E-state index in [0.717, 1.165) is 31.6 Å². The molecule has 0 aromatic rings. The van der Waals surface area contributed by atoms with Crippen LogP contribution in [0.1, 0.15) is 65.7 Å². The van der Waals surface area contributed by atoms with E-state index >= 15 is 0 Å². The van der Waals surface area contributed by atoms with E-state index in [1.807, 2.05) is 0 Å². The fraction of sp³-hybridized carbons (Fsp3) is 1.00. The molecule has 1 aliphatic rings. The Morgan fingerprint density at radius 3 is 2.61 bits per heavy atom. The first kappa shape index (κ1) is 16.0. The average molecular weight is 255 g/mol. The zero-order chi connectivity index (χ0) is 13.2. The van der Waals surface area contributed by atoms with Crippen molar-refractivity contribution in [3.8, 4) is 0 Å². The summed E-state index contributed by atoms with van der Waals surface area (Å²) in [5.41, 5.74) is 0. The number of rotatable bonds is 10. The van der Waals surface area contributed by atoms with Gasteiger partial charge in [0, 0.05) is 12.6 Å². The van der Waals surface area contributed by atoms with Crippen LogP contribution < -0.4 is 5.32 Å². The van der Waals surface area contributed by atoms with Gasteiger partial charge < -0.3 is 10.1 Å². The van der Waals surface area contributed by atoms with Gasteiger partial charge >= 0.3 is 0 Å². The molecule has 18 heavy (non-hydrogen) atoms. The van der Waals surface area contributed by atoms with Gasteiger partial charge in [0.15, 0.2) is 0 Å². The molecule has 0 aliphatic carbocycles. The van der Waals surface area contributed by atoms with E-state index in [1.54, 1.807) is 0 Å². The maximum absolute atomic E-state index is 5.57. The van der Waals surface area contributed by atoms with E-state index in [2.05, 4.69) is 26.1 Å². The van der Waals surface area contributed by atoms with Crippen LogP contribution in [-0.2, 0) is 4.74 Å². The van der Waals surface area contributed by atoms with Crippen molar-refractivity contribution in [1.29, 1.82) is 0 Å². The number of nitrogens with one attached hydrogen (secondary N) is 1. The van der Waals surface area contributed by atoms with E-state index in [0.29, 0.717) is 6.04 Å². The third-order valence-electron chi connectivity index (χ3n) is 4.32. The molecule has 1 aliphatic heterocycles. The van der Waals surface area contributed by atoms with Crippen molar-refractivity contribution in [2.75, 3.05) is 19.8 Å². The largest absolute Gasteiger partial charge is 0.381 e. The lowest BCUT2D eigenvalue weighted by Crippen LogP contribution is -2.38.